The molecular weight excluding hydrogens is 264 g/mol. The van der Waals surface area contributed by atoms with Gasteiger partial charge in [0.1, 0.15) is 12.4 Å². The van der Waals surface area contributed by atoms with Gasteiger partial charge < -0.3 is 5.11 Å². The Balaban J connectivity index is 2.42. The number of aryl methyl sites for hydroxylation is 2. The highest BCUT2D eigenvalue weighted by Gasteiger charge is 2.20. The summed E-state index contributed by atoms with van der Waals surface area (Å²) in [5.74, 6) is 0.311. The Morgan fingerprint density at radius 2 is 1.95 bits per heavy atom. The van der Waals surface area contributed by atoms with E-state index >= 15 is 0 Å². The molecule has 1 rings (SSSR count). The molecule has 0 saturated heterocycles. The first-order valence-corrected chi connectivity index (χ1v) is 8.47. The van der Waals surface area contributed by atoms with E-state index in [1.165, 1.54) is 19.3 Å². The highest BCUT2D eigenvalue weighted by Crippen LogP contribution is 2.16. The van der Waals surface area contributed by atoms with E-state index in [9.17, 15) is 9.90 Å². The van der Waals surface area contributed by atoms with Crippen LogP contribution in [-0.2, 0) is 17.8 Å². The first-order chi connectivity index (χ1) is 10.2. The van der Waals surface area contributed by atoms with Crippen molar-refractivity contribution in [2.45, 2.75) is 78.2 Å². The Labute approximate surface area is 128 Å². The number of carbonyl (C=O) groups is 1. The molecule has 0 spiro atoms. The fourth-order valence-electron chi connectivity index (χ4n) is 2.67. The monoisotopic (exact) mass is 295 g/mol. The quantitative estimate of drug-likeness (QED) is 0.456. The van der Waals surface area contributed by atoms with E-state index in [4.69, 9.17) is 0 Å². The lowest BCUT2D eigenvalue weighted by Crippen LogP contribution is -2.36. The Kier molecular flexibility index (Phi) is 8.79. The Morgan fingerprint density at radius 3 is 2.62 bits per heavy atom. The van der Waals surface area contributed by atoms with Crippen LogP contribution in [0.1, 0.15) is 71.0 Å². The second kappa shape index (κ2) is 10.4. The number of H-pyrrole nitrogens is 1. The number of nitrogens with one attached hydrogen (secondary N) is 1. The predicted octanol–water partition coefficient (Wildman–Crippen LogP) is 3.71. The molecule has 1 unspecified atom stereocenters. The molecule has 0 radical (unpaired) electrons. The van der Waals surface area contributed by atoms with E-state index in [1.807, 2.05) is 6.20 Å². The van der Waals surface area contributed by atoms with Crippen LogP contribution in [0.5, 0.6) is 0 Å². The topological polar surface area (TPSA) is 57.0 Å². The summed E-state index contributed by atoms with van der Waals surface area (Å²) in [6.07, 6.45) is 13.3. The standard InChI is InChI=1S/C17H30N2O2/c1-3-5-7-8-9-15(17(20)21)10-11-16-18-12-14-19(16)13-6-4-2/h12,14-15H,3-11,13H2,1-2H3,(H,20,21)/p+1. The summed E-state index contributed by atoms with van der Waals surface area (Å²) in [6, 6.07) is 0. The zero-order chi connectivity index (χ0) is 15.5. The summed E-state index contributed by atoms with van der Waals surface area (Å²) in [5.41, 5.74) is 0. The Morgan fingerprint density at radius 1 is 1.19 bits per heavy atom. The van der Waals surface area contributed by atoms with Crippen molar-refractivity contribution in [2.24, 2.45) is 5.92 Å². The fraction of sp³-hybridized carbons (Fsp3) is 0.765. The number of aliphatic carboxylic acids is 1. The van der Waals surface area contributed by atoms with E-state index in [2.05, 4.69) is 29.6 Å². The maximum absolute atomic E-state index is 11.4. The molecule has 0 amide bonds. The Hall–Kier alpha value is -1.32. The maximum Gasteiger partial charge on any atom is 0.306 e. The number of carboxylic acids is 1. The molecule has 1 atom stereocenters. The van der Waals surface area contributed by atoms with Crippen molar-refractivity contribution in [1.82, 2.24) is 4.98 Å². The summed E-state index contributed by atoms with van der Waals surface area (Å²) in [4.78, 5) is 14.6. The molecule has 2 N–H and O–H groups in total. The van der Waals surface area contributed by atoms with Gasteiger partial charge in [-0.25, -0.2) is 9.55 Å². The van der Waals surface area contributed by atoms with E-state index in [0.717, 1.165) is 50.9 Å². The molecule has 4 heteroatoms. The van der Waals surface area contributed by atoms with Crippen molar-refractivity contribution < 1.29 is 14.5 Å². The second-order valence-electron chi connectivity index (χ2n) is 5.88. The molecule has 0 aliphatic rings. The molecule has 0 fully saturated rings. The van der Waals surface area contributed by atoms with E-state index in [-0.39, 0.29) is 5.92 Å². The molecular formula is C17H31N2O2+. The number of aromatic nitrogens is 2. The molecule has 1 heterocycles. The Bertz CT molecular complexity index is 401. The van der Waals surface area contributed by atoms with Crippen molar-refractivity contribution in [3.63, 3.8) is 0 Å². The number of rotatable bonds is 12. The van der Waals surface area contributed by atoms with Crippen LogP contribution in [0, 0.1) is 5.92 Å². The summed E-state index contributed by atoms with van der Waals surface area (Å²) < 4.78 is 2.22. The third-order valence-electron chi connectivity index (χ3n) is 4.09. The van der Waals surface area contributed by atoms with Crippen LogP contribution < -0.4 is 4.57 Å². The van der Waals surface area contributed by atoms with Crippen molar-refractivity contribution in [2.75, 3.05) is 0 Å². The maximum atomic E-state index is 11.4. The number of unbranched alkanes of at least 4 members (excludes halogenated alkanes) is 4. The summed E-state index contributed by atoms with van der Waals surface area (Å²) in [7, 11) is 0. The zero-order valence-electron chi connectivity index (χ0n) is 13.6. The second-order valence-corrected chi connectivity index (χ2v) is 5.88. The third-order valence-corrected chi connectivity index (χ3v) is 4.09. The molecule has 21 heavy (non-hydrogen) atoms. The van der Waals surface area contributed by atoms with Gasteiger partial charge in [0, 0.05) is 6.42 Å². The van der Waals surface area contributed by atoms with Crippen molar-refractivity contribution in [3.8, 4) is 0 Å². The molecule has 0 bridgehead atoms. The summed E-state index contributed by atoms with van der Waals surface area (Å²) in [6.45, 7) is 5.38. The number of imidazole rings is 1. The van der Waals surface area contributed by atoms with Crippen LogP contribution in [0.2, 0.25) is 0 Å². The zero-order valence-corrected chi connectivity index (χ0v) is 13.6. The lowest BCUT2D eigenvalue weighted by atomic mass is 9.96. The van der Waals surface area contributed by atoms with Gasteiger partial charge in [-0.1, -0.05) is 46.0 Å². The molecule has 0 aliphatic heterocycles. The molecule has 0 aliphatic carbocycles. The van der Waals surface area contributed by atoms with Gasteiger partial charge in [0.05, 0.1) is 12.5 Å². The van der Waals surface area contributed by atoms with Crippen molar-refractivity contribution in [1.29, 1.82) is 0 Å². The number of hydrogen-bond donors (Lipinski definition) is 2. The van der Waals surface area contributed by atoms with E-state index < -0.39 is 5.97 Å². The highest BCUT2D eigenvalue weighted by molar-refractivity contribution is 5.69. The molecule has 0 aromatic carbocycles. The normalized spacial score (nSPS) is 12.5. The average molecular weight is 295 g/mol. The van der Waals surface area contributed by atoms with Crippen molar-refractivity contribution >= 4 is 5.97 Å². The lowest BCUT2D eigenvalue weighted by Gasteiger charge is -2.11. The SMILES string of the molecule is CCCCCCC(CCc1[nH]cc[n+]1CCCC)C(=O)O. The molecule has 120 valence electrons. The lowest BCUT2D eigenvalue weighted by molar-refractivity contribution is -0.703. The van der Waals surface area contributed by atoms with Crippen LogP contribution in [0.25, 0.3) is 0 Å². The van der Waals surface area contributed by atoms with E-state index in [1.54, 1.807) is 0 Å². The minimum atomic E-state index is -0.641. The third kappa shape index (κ3) is 6.78. The van der Waals surface area contributed by atoms with Gasteiger partial charge in [-0.3, -0.25) is 4.79 Å². The average Bonchev–Trinajstić information content (AvgIpc) is 2.91. The smallest absolute Gasteiger partial charge is 0.306 e. The van der Waals surface area contributed by atoms with E-state index in [0.29, 0.717) is 0 Å². The minimum absolute atomic E-state index is 0.204. The molecule has 0 saturated carbocycles. The van der Waals surface area contributed by atoms with Gasteiger partial charge in [-0.15, -0.1) is 0 Å². The van der Waals surface area contributed by atoms with Crippen LogP contribution in [-0.4, -0.2) is 16.1 Å². The summed E-state index contributed by atoms with van der Waals surface area (Å²) >= 11 is 0. The fourth-order valence-corrected chi connectivity index (χ4v) is 2.67. The van der Waals surface area contributed by atoms with Gasteiger partial charge in [-0.05, 0) is 19.3 Å². The van der Waals surface area contributed by atoms with Crippen molar-refractivity contribution in [3.05, 3.63) is 18.2 Å². The largest absolute Gasteiger partial charge is 0.481 e. The summed E-state index contributed by atoms with van der Waals surface area (Å²) in [5, 5.41) is 9.35. The number of nitrogens with zero attached hydrogens (tertiary/aromatic N) is 1. The first kappa shape index (κ1) is 17.7. The van der Waals surface area contributed by atoms with Gasteiger partial charge >= 0.3 is 5.97 Å². The van der Waals surface area contributed by atoms with Gasteiger partial charge in [0.15, 0.2) is 0 Å². The predicted molar refractivity (Wildman–Crippen MR) is 84.1 cm³/mol. The van der Waals surface area contributed by atoms with Gasteiger partial charge in [0.25, 0.3) is 5.82 Å². The van der Waals surface area contributed by atoms with Crippen LogP contribution in [0.4, 0.5) is 0 Å². The number of aromatic amines is 1. The highest BCUT2D eigenvalue weighted by atomic mass is 16.4. The first-order valence-electron chi connectivity index (χ1n) is 8.47. The molecule has 4 nitrogen and oxygen atoms in total. The van der Waals surface area contributed by atoms with Crippen LogP contribution >= 0.6 is 0 Å². The van der Waals surface area contributed by atoms with Gasteiger partial charge in [-0.2, -0.15) is 0 Å². The van der Waals surface area contributed by atoms with Gasteiger partial charge in [0.2, 0.25) is 0 Å². The number of hydrogen-bond acceptors (Lipinski definition) is 1. The molecule has 1 aromatic heterocycles. The van der Waals surface area contributed by atoms with Crippen LogP contribution in [0.3, 0.4) is 0 Å². The minimum Gasteiger partial charge on any atom is -0.481 e. The number of carboxylic acid groups (broad SMARTS) is 1. The molecule has 1 aromatic rings. The van der Waals surface area contributed by atoms with Crippen LogP contribution in [0.15, 0.2) is 12.4 Å².